The molecule has 1 amide bonds. The van der Waals surface area contributed by atoms with Crippen LogP contribution in [0, 0.1) is 16.0 Å². The predicted octanol–water partition coefficient (Wildman–Crippen LogP) is 2.64. The number of aromatic nitrogens is 2. The van der Waals surface area contributed by atoms with Gasteiger partial charge in [0, 0.05) is 25.4 Å². The summed E-state index contributed by atoms with van der Waals surface area (Å²) in [6, 6.07) is 6.46. The third kappa shape index (κ3) is 6.75. The fraction of sp³-hybridized carbons (Fsp3) is 0.450. The van der Waals surface area contributed by atoms with Crippen LogP contribution in [-0.2, 0) is 16.4 Å². The summed E-state index contributed by atoms with van der Waals surface area (Å²) in [5.41, 5.74) is 0.265. The van der Waals surface area contributed by atoms with E-state index in [1.54, 1.807) is 18.2 Å². The van der Waals surface area contributed by atoms with Gasteiger partial charge in [0.05, 0.1) is 9.82 Å². The lowest BCUT2D eigenvalue weighted by atomic mass is 9.86. The van der Waals surface area contributed by atoms with Crippen LogP contribution in [0.1, 0.15) is 31.2 Å². The van der Waals surface area contributed by atoms with Crippen molar-refractivity contribution in [3.05, 3.63) is 46.1 Å². The Morgan fingerprint density at radius 2 is 1.91 bits per heavy atom. The summed E-state index contributed by atoms with van der Waals surface area (Å²) in [7, 11) is -3.42. The molecular formula is C20H26N6O6S. The number of anilines is 2. The van der Waals surface area contributed by atoms with E-state index in [0.717, 1.165) is 25.3 Å². The van der Waals surface area contributed by atoms with Crippen LogP contribution in [0.4, 0.5) is 22.2 Å². The highest BCUT2D eigenvalue weighted by Crippen LogP contribution is 2.27. The zero-order chi connectivity index (χ0) is 24.0. The molecule has 0 atom stereocenters. The summed E-state index contributed by atoms with van der Waals surface area (Å²) in [5, 5.41) is 28.7. The number of carboxylic acid groups (broad SMARTS) is 1. The van der Waals surface area contributed by atoms with Crippen LogP contribution >= 0.6 is 0 Å². The van der Waals surface area contributed by atoms with E-state index in [0.29, 0.717) is 24.9 Å². The number of nitrogens with zero attached hydrogens (tertiary/aromatic N) is 3. The fourth-order valence-electron chi connectivity index (χ4n) is 3.84. The van der Waals surface area contributed by atoms with Gasteiger partial charge < -0.3 is 21.1 Å². The standard InChI is InChI=1S/C20H26N6O6S/c1-33(31,32)17-5-3-2-4-14(17)11-22-19-23-12-16(26(29)30)18(25-19)21-10-13-6-8-15(9-7-13)24-20(27)28/h2-5,12-13,15,24H,6-11H2,1H3,(H,27,28)(H2,21,22,23,25). The van der Waals surface area contributed by atoms with Crippen molar-refractivity contribution in [3.8, 4) is 0 Å². The number of hydrogen-bond acceptors (Lipinski definition) is 9. The van der Waals surface area contributed by atoms with E-state index in [9.17, 15) is 23.3 Å². The van der Waals surface area contributed by atoms with Crippen molar-refractivity contribution in [2.45, 2.75) is 43.2 Å². The van der Waals surface area contributed by atoms with Crippen LogP contribution in [0.2, 0.25) is 0 Å². The quantitative estimate of drug-likeness (QED) is 0.309. The van der Waals surface area contributed by atoms with Gasteiger partial charge in [0.2, 0.25) is 11.8 Å². The molecule has 4 N–H and O–H groups in total. The topological polar surface area (TPSA) is 176 Å². The SMILES string of the molecule is CS(=O)(=O)c1ccccc1CNc1ncc([N+](=O)[O-])c(NCC2CCC(NC(=O)O)CC2)n1. The normalized spacial score (nSPS) is 18.3. The van der Waals surface area contributed by atoms with Gasteiger partial charge in [-0.15, -0.1) is 0 Å². The van der Waals surface area contributed by atoms with E-state index in [1.807, 2.05) is 0 Å². The molecule has 0 unspecified atom stereocenters. The highest BCUT2D eigenvalue weighted by Gasteiger charge is 2.24. The molecule has 1 aromatic carbocycles. The monoisotopic (exact) mass is 478 g/mol. The number of hydrogen-bond donors (Lipinski definition) is 4. The Kier molecular flexibility index (Phi) is 7.63. The van der Waals surface area contributed by atoms with Crippen LogP contribution in [0.3, 0.4) is 0 Å². The van der Waals surface area contributed by atoms with Crippen molar-refractivity contribution in [1.82, 2.24) is 15.3 Å². The molecule has 0 bridgehead atoms. The molecule has 12 nitrogen and oxygen atoms in total. The lowest BCUT2D eigenvalue weighted by Crippen LogP contribution is -2.37. The second-order valence-corrected chi connectivity index (χ2v) is 9.95. The fourth-order valence-corrected chi connectivity index (χ4v) is 4.78. The van der Waals surface area contributed by atoms with Crippen molar-refractivity contribution in [2.75, 3.05) is 23.4 Å². The third-order valence-electron chi connectivity index (χ3n) is 5.51. The molecule has 1 fully saturated rings. The Labute approximate surface area is 190 Å². The van der Waals surface area contributed by atoms with E-state index in [2.05, 4.69) is 25.9 Å². The van der Waals surface area contributed by atoms with Crippen molar-refractivity contribution >= 4 is 33.4 Å². The summed E-state index contributed by atoms with van der Waals surface area (Å²) in [6.45, 7) is 0.578. The second kappa shape index (κ2) is 10.4. The maximum atomic E-state index is 12.0. The smallest absolute Gasteiger partial charge is 0.404 e. The van der Waals surface area contributed by atoms with Crippen LogP contribution < -0.4 is 16.0 Å². The molecule has 1 aromatic heterocycles. The molecule has 1 aliphatic carbocycles. The van der Waals surface area contributed by atoms with Gasteiger partial charge in [-0.2, -0.15) is 4.98 Å². The van der Waals surface area contributed by atoms with Gasteiger partial charge in [-0.1, -0.05) is 18.2 Å². The third-order valence-corrected chi connectivity index (χ3v) is 6.70. The molecular weight excluding hydrogens is 452 g/mol. The van der Waals surface area contributed by atoms with E-state index in [-0.39, 0.29) is 40.9 Å². The molecule has 1 heterocycles. The van der Waals surface area contributed by atoms with Gasteiger partial charge in [0.1, 0.15) is 6.20 Å². The van der Waals surface area contributed by atoms with Gasteiger partial charge in [-0.05, 0) is 43.2 Å². The van der Waals surface area contributed by atoms with Gasteiger partial charge in [-0.25, -0.2) is 18.2 Å². The van der Waals surface area contributed by atoms with Gasteiger partial charge in [-0.3, -0.25) is 10.1 Å². The largest absolute Gasteiger partial charge is 0.465 e. The summed E-state index contributed by atoms with van der Waals surface area (Å²) < 4.78 is 23.9. The zero-order valence-electron chi connectivity index (χ0n) is 18.0. The van der Waals surface area contributed by atoms with E-state index in [4.69, 9.17) is 5.11 Å². The minimum absolute atomic E-state index is 0.0692. The number of carbonyl (C=O) groups is 1. The molecule has 1 saturated carbocycles. The molecule has 0 saturated heterocycles. The van der Waals surface area contributed by atoms with E-state index in [1.165, 1.54) is 6.07 Å². The highest BCUT2D eigenvalue weighted by atomic mass is 32.2. The Bertz CT molecular complexity index is 1120. The molecule has 0 radical (unpaired) electrons. The maximum absolute atomic E-state index is 12.0. The molecule has 0 spiro atoms. The van der Waals surface area contributed by atoms with Gasteiger partial charge in [0.25, 0.3) is 0 Å². The minimum atomic E-state index is -3.42. The van der Waals surface area contributed by atoms with E-state index < -0.39 is 20.9 Å². The van der Waals surface area contributed by atoms with Crippen LogP contribution in [0.5, 0.6) is 0 Å². The van der Waals surface area contributed by atoms with Gasteiger partial charge in [0.15, 0.2) is 9.84 Å². The number of nitrogens with one attached hydrogen (secondary N) is 3. The summed E-state index contributed by atoms with van der Waals surface area (Å²) >= 11 is 0. The first kappa shape index (κ1) is 24.2. The Morgan fingerprint density at radius 3 is 2.55 bits per heavy atom. The number of amides is 1. The molecule has 3 rings (SSSR count). The van der Waals surface area contributed by atoms with Crippen molar-refractivity contribution < 1.29 is 23.2 Å². The molecule has 33 heavy (non-hydrogen) atoms. The lowest BCUT2D eigenvalue weighted by Gasteiger charge is -2.28. The first-order valence-electron chi connectivity index (χ1n) is 10.4. The number of rotatable bonds is 9. The number of nitro groups is 1. The van der Waals surface area contributed by atoms with Crippen LogP contribution in [0.25, 0.3) is 0 Å². The average Bonchev–Trinajstić information content (AvgIpc) is 2.76. The van der Waals surface area contributed by atoms with Crippen molar-refractivity contribution in [2.24, 2.45) is 5.92 Å². The Balaban J connectivity index is 1.66. The maximum Gasteiger partial charge on any atom is 0.404 e. The van der Waals surface area contributed by atoms with Crippen molar-refractivity contribution in [1.29, 1.82) is 0 Å². The predicted molar refractivity (Wildman–Crippen MR) is 121 cm³/mol. The lowest BCUT2D eigenvalue weighted by molar-refractivity contribution is -0.384. The summed E-state index contributed by atoms with van der Waals surface area (Å²) in [5.74, 6) is 0.421. The highest BCUT2D eigenvalue weighted by molar-refractivity contribution is 7.90. The first-order valence-corrected chi connectivity index (χ1v) is 12.3. The summed E-state index contributed by atoms with van der Waals surface area (Å²) in [6.07, 6.45) is 4.17. The number of benzene rings is 1. The molecule has 2 aromatic rings. The number of sulfone groups is 1. The molecule has 178 valence electrons. The molecule has 1 aliphatic rings. The first-order chi connectivity index (χ1) is 15.6. The van der Waals surface area contributed by atoms with E-state index >= 15 is 0 Å². The van der Waals surface area contributed by atoms with Crippen LogP contribution in [0.15, 0.2) is 35.4 Å². The van der Waals surface area contributed by atoms with Crippen molar-refractivity contribution in [3.63, 3.8) is 0 Å². The molecule has 0 aliphatic heterocycles. The Morgan fingerprint density at radius 1 is 1.21 bits per heavy atom. The van der Waals surface area contributed by atoms with Gasteiger partial charge >= 0.3 is 11.8 Å². The Hall–Kier alpha value is -3.48. The second-order valence-electron chi connectivity index (χ2n) is 7.97. The van der Waals surface area contributed by atoms with Crippen LogP contribution in [-0.4, -0.2) is 53.4 Å². The summed E-state index contributed by atoms with van der Waals surface area (Å²) in [4.78, 5) is 30.0. The minimum Gasteiger partial charge on any atom is -0.465 e. The zero-order valence-corrected chi connectivity index (χ0v) is 18.8. The molecule has 13 heteroatoms. The average molecular weight is 479 g/mol.